The molecule has 2 heterocycles. The number of aromatic nitrogens is 2. The fourth-order valence-corrected chi connectivity index (χ4v) is 3.21. The molecule has 0 saturated carbocycles. The fourth-order valence-electron chi connectivity index (χ4n) is 3.21. The highest BCUT2D eigenvalue weighted by Gasteiger charge is 2.26. The summed E-state index contributed by atoms with van der Waals surface area (Å²) in [6.07, 6.45) is -0.319. The first-order chi connectivity index (χ1) is 14.0. The first-order valence-electron chi connectivity index (χ1n) is 8.99. The van der Waals surface area contributed by atoms with Crippen LogP contribution >= 0.6 is 0 Å². The normalized spacial score (nSPS) is 15.1. The highest BCUT2D eigenvalue weighted by Crippen LogP contribution is 2.27. The molecule has 0 aliphatic carbocycles. The molecular formula is C21H18F2N2O4. The molecule has 1 atom stereocenters. The Morgan fingerprint density at radius 1 is 1.21 bits per heavy atom. The first kappa shape index (κ1) is 19.1. The number of benzene rings is 2. The minimum absolute atomic E-state index is 0.188. The van der Waals surface area contributed by atoms with Crippen molar-refractivity contribution in [3.63, 3.8) is 0 Å². The number of nitrogens with zero attached hydrogens (tertiary/aromatic N) is 2. The number of methoxy groups -OCH3 is 1. The van der Waals surface area contributed by atoms with E-state index >= 15 is 0 Å². The van der Waals surface area contributed by atoms with Gasteiger partial charge in [0.25, 0.3) is 5.56 Å². The van der Waals surface area contributed by atoms with Gasteiger partial charge in [0.1, 0.15) is 12.4 Å². The third kappa shape index (κ3) is 3.97. The summed E-state index contributed by atoms with van der Waals surface area (Å²) in [4.78, 5) is 15.5. The Balaban J connectivity index is 1.42. The van der Waals surface area contributed by atoms with E-state index in [1.165, 1.54) is 18.2 Å². The van der Waals surface area contributed by atoms with E-state index in [1.54, 1.807) is 35.9 Å². The summed E-state index contributed by atoms with van der Waals surface area (Å²) in [6, 6.07) is 12.4. The average Bonchev–Trinajstić information content (AvgIpc) is 3.12. The third-order valence-electron chi connectivity index (χ3n) is 4.58. The van der Waals surface area contributed by atoms with Crippen molar-refractivity contribution in [1.29, 1.82) is 0 Å². The van der Waals surface area contributed by atoms with Crippen LogP contribution in [0.3, 0.4) is 0 Å². The van der Waals surface area contributed by atoms with Gasteiger partial charge in [-0.1, -0.05) is 24.3 Å². The molecule has 4 rings (SSSR count). The van der Waals surface area contributed by atoms with Crippen molar-refractivity contribution in [1.82, 2.24) is 9.55 Å². The van der Waals surface area contributed by atoms with E-state index in [0.717, 1.165) is 6.07 Å². The standard InChI is InChI=1S/C21H18F2N2O4/c1-27-11-14-9-19(26)24-21-25(14)10-16(29-21)12-28-15-7-5-13(6-8-15)17-3-2-4-18(22)20(17)23/h2-9,16H,10-12H2,1H3/t16-/m0/s1. The lowest BCUT2D eigenvalue weighted by molar-refractivity contribution is 0.143. The van der Waals surface area contributed by atoms with Crippen LogP contribution in [0.25, 0.3) is 11.1 Å². The molecule has 8 heteroatoms. The van der Waals surface area contributed by atoms with Gasteiger partial charge in [0.05, 0.1) is 18.8 Å². The number of halogens is 2. The maximum absolute atomic E-state index is 13.9. The zero-order chi connectivity index (χ0) is 20.4. The summed E-state index contributed by atoms with van der Waals surface area (Å²) < 4.78 is 45.7. The summed E-state index contributed by atoms with van der Waals surface area (Å²) in [6.45, 7) is 0.991. The molecule has 0 spiro atoms. The molecule has 1 aliphatic rings. The molecule has 1 aliphatic heterocycles. The summed E-state index contributed by atoms with van der Waals surface area (Å²) in [5.41, 5.74) is 1.04. The smallest absolute Gasteiger partial charge is 0.300 e. The van der Waals surface area contributed by atoms with Gasteiger partial charge in [0.2, 0.25) is 0 Å². The number of hydrogen-bond acceptors (Lipinski definition) is 5. The van der Waals surface area contributed by atoms with E-state index < -0.39 is 11.6 Å². The largest absolute Gasteiger partial charge is 0.490 e. The summed E-state index contributed by atoms with van der Waals surface area (Å²) in [5, 5.41) is 0. The van der Waals surface area contributed by atoms with Gasteiger partial charge in [-0.05, 0) is 23.8 Å². The van der Waals surface area contributed by atoms with Gasteiger partial charge in [0.15, 0.2) is 17.7 Å². The molecule has 6 nitrogen and oxygen atoms in total. The maximum atomic E-state index is 13.9. The Kier molecular flexibility index (Phi) is 5.26. The van der Waals surface area contributed by atoms with Crippen molar-refractivity contribution in [2.45, 2.75) is 19.3 Å². The van der Waals surface area contributed by atoms with Gasteiger partial charge >= 0.3 is 6.01 Å². The molecule has 2 aromatic carbocycles. The predicted octanol–water partition coefficient (Wildman–Crippen LogP) is 3.17. The van der Waals surface area contributed by atoms with Gasteiger partial charge < -0.3 is 14.2 Å². The Bertz CT molecular complexity index is 1080. The molecule has 0 N–H and O–H groups in total. The van der Waals surface area contributed by atoms with E-state index in [4.69, 9.17) is 14.2 Å². The van der Waals surface area contributed by atoms with Crippen LogP contribution in [0.5, 0.6) is 11.8 Å². The van der Waals surface area contributed by atoms with Crippen molar-refractivity contribution >= 4 is 0 Å². The van der Waals surface area contributed by atoms with Gasteiger partial charge in [-0.3, -0.25) is 9.36 Å². The van der Waals surface area contributed by atoms with Crippen LogP contribution in [0, 0.1) is 11.6 Å². The fraction of sp³-hybridized carbons (Fsp3) is 0.238. The van der Waals surface area contributed by atoms with E-state index in [1.807, 2.05) is 0 Å². The Morgan fingerprint density at radius 3 is 2.76 bits per heavy atom. The lowest BCUT2D eigenvalue weighted by atomic mass is 10.0. The molecule has 0 saturated heterocycles. The molecule has 1 aromatic heterocycles. The van der Waals surface area contributed by atoms with Crippen molar-refractivity contribution in [3.8, 4) is 22.9 Å². The molecule has 0 radical (unpaired) electrons. The summed E-state index contributed by atoms with van der Waals surface area (Å²) in [5.74, 6) is -1.21. The number of hydrogen-bond donors (Lipinski definition) is 0. The highest BCUT2D eigenvalue weighted by atomic mass is 19.2. The van der Waals surface area contributed by atoms with Crippen LogP contribution in [0.4, 0.5) is 8.78 Å². The van der Waals surface area contributed by atoms with Crippen LogP contribution in [0.15, 0.2) is 53.3 Å². The second-order valence-corrected chi connectivity index (χ2v) is 6.59. The number of rotatable bonds is 6. The molecule has 0 unspecified atom stereocenters. The second kappa shape index (κ2) is 8.00. The zero-order valence-electron chi connectivity index (χ0n) is 15.6. The zero-order valence-corrected chi connectivity index (χ0v) is 15.6. The van der Waals surface area contributed by atoms with Crippen LogP contribution in [0.2, 0.25) is 0 Å². The monoisotopic (exact) mass is 400 g/mol. The van der Waals surface area contributed by atoms with E-state index in [-0.39, 0.29) is 36.5 Å². The predicted molar refractivity (Wildman–Crippen MR) is 101 cm³/mol. The number of ether oxygens (including phenoxy) is 3. The molecule has 0 amide bonds. The third-order valence-corrected chi connectivity index (χ3v) is 4.58. The van der Waals surface area contributed by atoms with Crippen LogP contribution in [-0.2, 0) is 17.9 Å². The average molecular weight is 400 g/mol. The van der Waals surface area contributed by atoms with Gasteiger partial charge in [-0.25, -0.2) is 8.78 Å². The number of fused-ring (bicyclic) bond motifs is 1. The maximum Gasteiger partial charge on any atom is 0.300 e. The van der Waals surface area contributed by atoms with E-state index in [0.29, 0.717) is 23.6 Å². The molecule has 150 valence electrons. The van der Waals surface area contributed by atoms with Crippen molar-refractivity contribution < 1.29 is 23.0 Å². The lowest BCUT2D eigenvalue weighted by Gasteiger charge is -2.12. The van der Waals surface area contributed by atoms with Crippen LogP contribution in [0.1, 0.15) is 5.69 Å². The minimum atomic E-state index is -0.888. The molecule has 29 heavy (non-hydrogen) atoms. The van der Waals surface area contributed by atoms with Gasteiger partial charge in [-0.2, -0.15) is 4.98 Å². The van der Waals surface area contributed by atoms with Gasteiger partial charge in [-0.15, -0.1) is 0 Å². The molecule has 3 aromatic rings. The highest BCUT2D eigenvalue weighted by molar-refractivity contribution is 5.64. The van der Waals surface area contributed by atoms with Crippen LogP contribution in [-0.4, -0.2) is 29.4 Å². The van der Waals surface area contributed by atoms with Crippen molar-refractivity contribution in [2.24, 2.45) is 0 Å². The SMILES string of the molecule is COCc1cc(=O)nc2n1C[C@@H](COc1ccc(-c3cccc(F)c3F)cc1)O2. The molecule has 0 bridgehead atoms. The van der Waals surface area contributed by atoms with Crippen LogP contribution < -0.4 is 15.0 Å². The summed E-state index contributed by atoms with van der Waals surface area (Å²) in [7, 11) is 1.55. The molecular weight excluding hydrogens is 382 g/mol. The second-order valence-electron chi connectivity index (χ2n) is 6.59. The van der Waals surface area contributed by atoms with Crippen molar-refractivity contribution in [3.05, 3.63) is 76.2 Å². The van der Waals surface area contributed by atoms with Crippen molar-refractivity contribution in [2.75, 3.05) is 13.7 Å². The Morgan fingerprint density at radius 2 is 2.00 bits per heavy atom. The van der Waals surface area contributed by atoms with E-state index in [2.05, 4.69) is 4.98 Å². The molecule has 0 fully saturated rings. The van der Waals surface area contributed by atoms with E-state index in [9.17, 15) is 13.6 Å². The quantitative estimate of drug-likeness (QED) is 0.636. The lowest BCUT2D eigenvalue weighted by Crippen LogP contribution is -2.23. The topological polar surface area (TPSA) is 62.6 Å². The van der Waals surface area contributed by atoms with Gasteiger partial charge in [0, 0.05) is 18.7 Å². The Labute approximate surface area is 165 Å². The Hall–Kier alpha value is -3.26. The summed E-state index contributed by atoms with van der Waals surface area (Å²) >= 11 is 0. The minimum Gasteiger partial charge on any atom is -0.490 e. The first-order valence-corrected chi connectivity index (χ1v) is 8.99.